The molecule has 0 aromatic carbocycles. The third-order valence-electron chi connectivity index (χ3n) is 1.93. The molecule has 0 bridgehead atoms. The second-order valence-electron chi connectivity index (χ2n) is 4.94. The van der Waals surface area contributed by atoms with Gasteiger partial charge in [0.2, 0.25) is 0 Å². The van der Waals surface area contributed by atoms with E-state index in [4.69, 9.17) is 0 Å². The summed E-state index contributed by atoms with van der Waals surface area (Å²) in [6.07, 6.45) is 2.83. The molecule has 78 valence electrons. The van der Waals surface area contributed by atoms with Gasteiger partial charge in [-0.25, -0.2) is 4.21 Å². The summed E-state index contributed by atoms with van der Waals surface area (Å²) in [7, 11) is -1.12. The molecule has 0 spiro atoms. The van der Waals surface area contributed by atoms with Crippen molar-refractivity contribution in [3.8, 4) is 0 Å². The van der Waals surface area contributed by atoms with Crippen LogP contribution in [0.1, 0.15) is 48.0 Å². The zero-order valence-corrected chi connectivity index (χ0v) is 10.4. The minimum atomic E-state index is -1.12. The maximum atomic E-state index is 11.5. The second-order valence-corrected chi connectivity index (χ2v) is 6.87. The Bertz CT molecular complexity index is 213. The summed E-state index contributed by atoms with van der Waals surface area (Å²) in [5.41, 5.74) is 0.0565. The van der Waals surface area contributed by atoms with Crippen molar-refractivity contribution in [3.05, 3.63) is 0 Å². The van der Waals surface area contributed by atoms with E-state index in [1.807, 2.05) is 27.0 Å². The third-order valence-corrected chi connectivity index (χ3v) is 3.28. The maximum absolute atomic E-state index is 11.5. The van der Waals surface area contributed by atoms with E-state index in [1.54, 1.807) is 0 Å². The minimum absolute atomic E-state index is 0.0565. The summed E-state index contributed by atoms with van der Waals surface area (Å²) >= 11 is 0. The first-order chi connectivity index (χ1) is 5.69. The molecule has 0 amide bonds. The summed E-state index contributed by atoms with van der Waals surface area (Å²) < 4.78 is 15.4. The van der Waals surface area contributed by atoms with Crippen LogP contribution in [-0.4, -0.2) is 15.2 Å². The summed E-state index contributed by atoms with van der Waals surface area (Å²) in [5.74, 6) is 0. The second kappa shape index (κ2) is 4.36. The van der Waals surface area contributed by atoms with Crippen molar-refractivity contribution in [3.63, 3.8) is 0 Å². The first-order valence-corrected chi connectivity index (χ1v) is 5.77. The smallest absolute Gasteiger partial charge is 0.144 e. The monoisotopic (exact) mass is 203 g/mol. The minimum Gasteiger partial charge on any atom is -0.234 e. The molecule has 0 fully saturated rings. The van der Waals surface area contributed by atoms with Gasteiger partial charge < -0.3 is 0 Å². The van der Waals surface area contributed by atoms with Gasteiger partial charge in [0, 0.05) is 11.6 Å². The zero-order chi connectivity index (χ0) is 10.7. The predicted octanol–water partition coefficient (Wildman–Crippen LogP) is 2.96. The average molecular weight is 203 g/mol. The van der Waals surface area contributed by atoms with E-state index in [1.165, 1.54) is 0 Å². The first kappa shape index (κ1) is 12.8. The molecular formula is C10H21NOS. The molecule has 0 heterocycles. The maximum Gasteiger partial charge on any atom is 0.144 e. The van der Waals surface area contributed by atoms with Gasteiger partial charge in [-0.1, -0.05) is 20.8 Å². The lowest BCUT2D eigenvalue weighted by molar-refractivity contribution is 0.516. The van der Waals surface area contributed by atoms with Crippen molar-refractivity contribution >= 4 is 17.2 Å². The Morgan fingerprint density at radius 1 is 1.23 bits per heavy atom. The van der Waals surface area contributed by atoms with Gasteiger partial charge in [0.25, 0.3) is 0 Å². The van der Waals surface area contributed by atoms with Crippen molar-refractivity contribution in [2.45, 2.75) is 52.7 Å². The Hall–Kier alpha value is -0.180. The van der Waals surface area contributed by atoms with Crippen LogP contribution in [0.5, 0.6) is 0 Å². The van der Waals surface area contributed by atoms with Gasteiger partial charge in [-0.15, -0.1) is 0 Å². The number of hydrogen-bond acceptors (Lipinski definition) is 1. The van der Waals surface area contributed by atoms with Crippen LogP contribution >= 0.6 is 0 Å². The average Bonchev–Trinajstić information content (AvgIpc) is 1.98. The number of nitrogens with zero attached hydrogens (tertiary/aromatic N) is 1. The Kier molecular flexibility index (Phi) is 4.30. The molecule has 0 aliphatic rings. The Labute approximate surface area is 84.4 Å². The lowest BCUT2D eigenvalue weighted by Crippen LogP contribution is -2.21. The van der Waals surface area contributed by atoms with E-state index in [9.17, 15) is 4.21 Å². The molecule has 2 nitrogen and oxygen atoms in total. The van der Waals surface area contributed by atoms with Crippen LogP contribution in [0.15, 0.2) is 4.40 Å². The first-order valence-electron chi connectivity index (χ1n) is 4.66. The highest BCUT2D eigenvalue weighted by Gasteiger charge is 2.19. The lowest BCUT2D eigenvalue weighted by atomic mass is 9.92. The topological polar surface area (TPSA) is 29.4 Å². The fourth-order valence-corrected chi connectivity index (χ4v) is 1.14. The van der Waals surface area contributed by atoms with E-state index in [0.717, 1.165) is 6.42 Å². The molecule has 0 radical (unpaired) electrons. The highest BCUT2D eigenvalue weighted by atomic mass is 32.2. The highest BCUT2D eigenvalue weighted by molar-refractivity contribution is 7.85. The molecule has 1 atom stereocenters. The van der Waals surface area contributed by atoms with Gasteiger partial charge in [0.05, 0.1) is 4.75 Å². The molecule has 0 aliphatic heterocycles. The van der Waals surface area contributed by atoms with Crippen molar-refractivity contribution in [2.24, 2.45) is 9.81 Å². The molecule has 0 rings (SSSR count). The van der Waals surface area contributed by atoms with Crippen molar-refractivity contribution in [2.75, 3.05) is 0 Å². The van der Waals surface area contributed by atoms with E-state index in [2.05, 4.69) is 25.2 Å². The van der Waals surface area contributed by atoms with Crippen molar-refractivity contribution in [1.82, 2.24) is 0 Å². The molecule has 0 aliphatic carbocycles. The normalized spacial score (nSPS) is 16.5. The quantitative estimate of drug-likeness (QED) is 0.648. The van der Waals surface area contributed by atoms with Crippen LogP contribution < -0.4 is 0 Å². The van der Waals surface area contributed by atoms with Crippen LogP contribution in [0.2, 0.25) is 0 Å². The molecule has 13 heavy (non-hydrogen) atoms. The number of rotatable bonds is 3. The zero-order valence-electron chi connectivity index (χ0n) is 9.55. The van der Waals surface area contributed by atoms with Crippen LogP contribution in [0.3, 0.4) is 0 Å². The molecule has 0 N–H and O–H groups in total. The predicted molar refractivity (Wildman–Crippen MR) is 60.5 cm³/mol. The van der Waals surface area contributed by atoms with Crippen LogP contribution in [0.25, 0.3) is 0 Å². The number of hydrogen-bond donors (Lipinski definition) is 0. The molecule has 0 aromatic heterocycles. The molecule has 0 aromatic rings. The van der Waals surface area contributed by atoms with Crippen molar-refractivity contribution < 1.29 is 4.21 Å². The Balaban J connectivity index is 4.38. The van der Waals surface area contributed by atoms with Crippen molar-refractivity contribution in [1.29, 1.82) is 0 Å². The fourth-order valence-electron chi connectivity index (χ4n) is 0.440. The lowest BCUT2D eigenvalue weighted by Gasteiger charge is -2.18. The van der Waals surface area contributed by atoms with Gasteiger partial charge in [0.15, 0.2) is 0 Å². The van der Waals surface area contributed by atoms with Gasteiger partial charge >= 0.3 is 0 Å². The molecular weight excluding hydrogens is 182 g/mol. The third kappa shape index (κ3) is 5.19. The van der Waals surface area contributed by atoms with E-state index < -0.39 is 11.0 Å². The summed E-state index contributed by atoms with van der Waals surface area (Å²) in [6.45, 7) is 12.1. The summed E-state index contributed by atoms with van der Waals surface area (Å²) in [6, 6.07) is 0. The van der Waals surface area contributed by atoms with Crippen LogP contribution in [-0.2, 0) is 11.0 Å². The SMILES string of the molecule is CCC(C)(C)/C=N/[S@](=O)C(C)(C)C. The molecule has 3 heteroatoms. The Morgan fingerprint density at radius 2 is 1.69 bits per heavy atom. The summed E-state index contributed by atoms with van der Waals surface area (Å²) in [5, 5.41) is 0. The van der Waals surface area contributed by atoms with Gasteiger partial charge in [0.1, 0.15) is 11.0 Å². The van der Waals surface area contributed by atoms with E-state index in [-0.39, 0.29) is 10.2 Å². The van der Waals surface area contributed by atoms with E-state index >= 15 is 0 Å². The Morgan fingerprint density at radius 3 is 2.00 bits per heavy atom. The highest BCUT2D eigenvalue weighted by Crippen LogP contribution is 2.18. The standard InChI is InChI=1S/C10H21NOS/c1-7-10(5,6)8-11-13(12)9(2,3)4/h8H,7H2,1-6H3/b11-8+/t13-/m1/s1. The molecule has 0 saturated heterocycles. The van der Waals surface area contributed by atoms with Crippen LogP contribution in [0, 0.1) is 5.41 Å². The fraction of sp³-hybridized carbons (Fsp3) is 0.900. The molecule has 0 unspecified atom stereocenters. The van der Waals surface area contributed by atoms with E-state index in [0.29, 0.717) is 0 Å². The molecule has 0 saturated carbocycles. The largest absolute Gasteiger partial charge is 0.234 e. The van der Waals surface area contributed by atoms with Gasteiger partial charge in [-0.05, 0) is 27.2 Å². The van der Waals surface area contributed by atoms with Crippen LogP contribution in [0.4, 0.5) is 0 Å². The summed E-state index contributed by atoms with van der Waals surface area (Å²) in [4.78, 5) is 0. The van der Waals surface area contributed by atoms with Gasteiger partial charge in [-0.2, -0.15) is 4.40 Å². The van der Waals surface area contributed by atoms with Gasteiger partial charge in [-0.3, -0.25) is 0 Å².